The van der Waals surface area contributed by atoms with E-state index in [1.807, 2.05) is 13.8 Å². The third kappa shape index (κ3) is 6.40. The summed E-state index contributed by atoms with van der Waals surface area (Å²) in [6.07, 6.45) is 0.834. The van der Waals surface area contributed by atoms with Gasteiger partial charge in [-0.1, -0.05) is 39.0 Å². The molecule has 0 saturated heterocycles. The van der Waals surface area contributed by atoms with Gasteiger partial charge in [0.25, 0.3) is 15.9 Å². The molecular formula is C21H28N2O3S. The number of amides is 1. The lowest BCUT2D eigenvalue weighted by molar-refractivity contribution is 0.0891. The van der Waals surface area contributed by atoms with Gasteiger partial charge in [0.15, 0.2) is 0 Å². The van der Waals surface area contributed by atoms with E-state index in [0.717, 1.165) is 6.42 Å². The Kier molecular flexibility index (Phi) is 6.00. The minimum atomic E-state index is -3.65. The van der Waals surface area contributed by atoms with Gasteiger partial charge in [-0.05, 0) is 62.1 Å². The molecular weight excluding hydrogens is 360 g/mol. The highest BCUT2D eigenvalue weighted by atomic mass is 32.2. The van der Waals surface area contributed by atoms with Crippen molar-refractivity contribution in [2.45, 2.75) is 51.5 Å². The first-order valence-electron chi connectivity index (χ1n) is 8.88. The van der Waals surface area contributed by atoms with Crippen molar-refractivity contribution in [3.05, 3.63) is 60.2 Å². The second-order valence-corrected chi connectivity index (χ2v) is 10.3. The minimum Gasteiger partial charge on any atom is -0.347 e. The molecule has 0 unspecified atom stereocenters. The van der Waals surface area contributed by atoms with Crippen molar-refractivity contribution in [2.24, 2.45) is 5.41 Å². The molecule has 0 radical (unpaired) electrons. The molecule has 2 aromatic carbocycles. The van der Waals surface area contributed by atoms with Crippen LogP contribution in [0.3, 0.4) is 0 Å². The smallest absolute Gasteiger partial charge is 0.261 e. The van der Waals surface area contributed by atoms with Crippen molar-refractivity contribution in [3.8, 4) is 0 Å². The molecule has 5 nitrogen and oxygen atoms in total. The molecule has 2 N–H and O–H groups in total. The summed E-state index contributed by atoms with van der Waals surface area (Å²) in [6.45, 7) is 10.4. The Hall–Kier alpha value is -2.34. The summed E-state index contributed by atoms with van der Waals surface area (Å²) in [5.41, 5.74) is 0.642. The summed E-state index contributed by atoms with van der Waals surface area (Å²) < 4.78 is 27.2. The van der Waals surface area contributed by atoms with Crippen molar-refractivity contribution in [2.75, 3.05) is 4.72 Å². The second-order valence-electron chi connectivity index (χ2n) is 8.57. The van der Waals surface area contributed by atoms with Crippen LogP contribution in [-0.4, -0.2) is 19.9 Å². The van der Waals surface area contributed by atoms with E-state index in [4.69, 9.17) is 0 Å². The van der Waals surface area contributed by atoms with E-state index < -0.39 is 10.0 Å². The van der Waals surface area contributed by atoms with Crippen LogP contribution in [0.2, 0.25) is 0 Å². The first-order chi connectivity index (χ1) is 12.4. The Bertz CT molecular complexity index is 881. The molecule has 2 rings (SSSR count). The van der Waals surface area contributed by atoms with Gasteiger partial charge >= 0.3 is 0 Å². The molecule has 2 aromatic rings. The lowest BCUT2D eigenvalue weighted by Crippen LogP contribution is -2.45. The van der Waals surface area contributed by atoms with E-state index in [1.165, 1.54) is 12.1 Å². The molecule has 0 heterocycles. The first kappa shape index (κ1) is 21.0. The standard InChI is InChI=1S/C21H28N2O3S/c1-20(2,3)15-21(4,5)22-19(24)16-11-13-17(14-12-16)23-27(25,26)18-9-7-6-8-10-18/h6-14,23H,15H2,1-5H3,(H,22,24). The Balaban J connectivity index is 2.08. The predicted octanol–water partition coefficient (Wildman–Crippen LogP) is 4.43. The molecule has 0 atom stereocenters. The van der Waals surface area contributed by atoms with Crippen LogP contribution in [0.15, 0.2) is 59.5 Å². The molecule has 0 aromatic heterocycles. The third-order valence-electron chi connectivity index (χ3n) is 3.88. The molecule has 0 saturated carbocycles. The van der Waals surface area contributed by atoms with Crippen LogP contribution in [0, 0.1) is 5.41 Å². The highest BCUT2D eigenvalue weighted by Gasteiger charge is 2.27. The highest BCUT2D eigenvalue weighted by Crippen LogP contribution is 2.27. The van der Waals surface area contributed by atoms with Gasteiger partial charge in [0, 0.05) is 16.8 Å². The van der Waals surface area contributed by atoms with Crippen molar-refractivity contribution < 1.29 is 13.2 Å². The fourth-order valence-electron chi connectivity index (χ4n) is 3.25. The number of nitrogens with one attached hydrogen (secondary N) is 2. The van der Waals surface area contributed by atoms with Gasteiger partial charge in [0.05, 0.1) is 4.90 Å². The molecule has 0 spiro atoms. The molecule has 0 fully saturated rings. The van der Waals surface area contributed by atoms with Crippen molar-refractivity contribution in [1.82, 2.24) is 5.32 Å². The van der Waals surface area contributed by atoms with Crippen LogP contribution < -0.4 is 10.0 Å². The van der Waals surface area contributed by atoms with E-state index in [-0.39, 0.29) is 21.8 Å². The molecule has 6 heteroatoms. The summed E-state index contributed by atoms with van der Waals surface area (Å²) >= 11 is 0. The molecule has 27 heavy (non-hydrogen) atoms. The van der Waals surface area contributed by atoms with E-state index >= 15 is 0 Å². The van der Waals surface area contributed by atoms with Crippen LogP contribution in [0.1, 0.15) is 51.4 Å². The van der Waals surface area contributed by atoms with Crippen LogP contribution in [-0.2, 0) is 10.0 Å². The average molecular weight is 389 g/mol. The van der Waals surface area contributed by atoms with Gasteiger partial charge in [0.1, 0.15) is 0 Å². The number of rotatable bonds is 6. The lowest BCUT2D eigenvalue weighted by Gasteiger charge is -2.33. The Morgan fingerprint density at radius 2 is 1.44 bits per heavy atom. The van der Waals surface area contributed by atoms with Gasteiger partial charge in [-0.15, -0.1) is 0 Å². The number of sulfonamides is 1. The molecule has 0 aliphatic carbocycles. The number of carbonyl (C=O) groups excluding carboxylic acids is 1. The summed E-state index contributed by atoms with van der Waals surface area (Å²) in [6, 6.07) is 14.6. The van der Waals surface area contributed by atoms with Gasteiger partial charge in [-0.2, -0.15) is 0 Å². The maximum absolute atomic E-state index is 12.5. The van der Waals surface area contributed by atoms with E-state index in [2.05, 4.69) is 30.8 Å². The van der Waals surface area contributed by atoms with Crippen LogP contribution >= 0.6 is 0 Å². The zero-order valence-electron chi connectivity index (χ0n) is 16.5. The third-order valence-corrected chi connectivity index (χ3v) is 5.27. The summed E-state index contributed by atoms with van der Waals surface area (Å²) in [5, 5.41) is 3.05. The van der Waals surface area contributed by atoms with Crippen LogP contribution in [0.5, 0.6) is 0 Å². The Labute approximate surface area is 162 Å². The molecule has 146 valence electrons. The first-order valence-corrected chi connectivity index (χ1v) is 10.4. The largest absolute Gasteiger partial charge is 0.347 e. The maximum atomic E-state index is 12.5. The summed E-state index contributed by atoms with van der Waals surface area (Å²) in [4.78, 5) is 12.7. The molecule has 0 aliphatic rings. The monoisotopic (exact) mass is 388 g/mol. The zero-order valence-corrected chi connectivity index (χ0v) is 17.4. The van der Waals surface area contributed by atoms with Gasteiger partial charge in [-0.3, -0.25) is 9.52 Å². The van der Waals surface area contributed by atoms with Gasteiger partial charge in [0.2, 0.25) is 0 Å². The Morgan fingerprint density at radius 1 is 0.889 bits per heavy atom. The number of anilines is 1. The van der Waals surface area contributed by atoms with Crippen LogP contribution in [0.4, 0.5) is 5.69 Å². The lowest BCUT2D eigenvalue weighted by atomic mass is 9.81. The fraction of sp³-hybridized carbons (Fsp3) is 0.381. The van der Waals surface area contributed by atoms with Crippen molar-refractivity contribution >= 4 is 21.6 Å². The van der Waals surface area contributed by atoms with Crippen LogP contribution in [0.25, 0.3) is 0 Å². The minimum absolute atomic E-state index is 0.0936. The number of benzene rings is 2. The van der Waals surface area contributed by atoms with Gasteiger partial charge < -0.3 is 5.32 Å². The van der Waals surface area contributed by atoms with E-state index in [1.54, 1.807) is 42.5 Å². The van der Waals surface area contributed by atoms with E-state index in [9.17, 15) is 13.2 Å². The molecule has 0 aliphatic heterocycles. The number of hydrogen-bond donors (Lipinski definition) is 2. The Morgan fingerprint density at radius 3 is 1.96 bits per heavy atom. The number of carbonyl (C=O) groups is 1. The van der Waals surface area contributed by atoms with Gasteiger partial charge in [-0.25, -0.2) is 8.42 Å². The second kappa shape index (κ2) is 7.72. The van der Waals surface area contributed by atoms with Crippen molar-refractivity contribution in [3.63, 3.8) is 0 Å². The predicted molar refractivity (Wildman–Crippen MR) is 109 cm³/mol. The van der Waals surface area contributed by atoms with Crippen molar-refractivity contribution in [1.29, 1.82) is 0 Å². The topological polar surface area (TPSA) is 75.3 Å². The SMILES string of the molecule is CC(C)(C)CC(C)(C)NC(=O)c1ccc(NS(=O)(=O)c2ccccc2)cc1. The zero-order chi connectivity index (χ0) is 20.3. The summed E-state index contributed by atoms with van der Waals surface area (Å²) in [5.74, 6) is -0.179. The average Bonchev–Trinajstić information content (AvgIpc) is 2.53. The fourth-order valence-corrected chi connectivity index (χ4v) is 4.33. The normalized spacial score (nSPS) is 12.5. The molecule has 1 amide bonds. The quantitative estimate of drug-likeness (QED) is 0.768. The highest BCUT2D eigenvalue weighted by molar-refractivity contribution is 7.92. The maximum Gasteiger partial charge on any atom is 0.261 e. The van der Waals surface area contributed by atoms with E-state index in [0.29, 0.717) is 11.3 Å². The number of hydrogen-bond acceptors (Lipinski definition) is 3. The molecule has 0 bridgehead atoms. The summed E-state index contributed by atoms with van der Waals surface area (Å²) in [7, 11) is -3.65.